The van der Waals surface area contributed by atoms with Gasteiger partial charge in [0.15, 0.2) is 0 Å². The number of hydrogen-bond donors (Lipinski definition) is 1. The third-order valence-corrected chi connectivity index (χ3v) is 4.77. The fourth-order valence-electron chi connectivity index (χ4n) is 2.15. The summed E-state index contributed by atoms with van der Waals surface area (Å²) in [7, 11) is 0. The fraction of sp³-hybridized carbons (Fsp3) is 0.636. The Labute approximate surface area is 108 Å². The molecule has 0 radical (unpaired) electrons. The average molecular weight is 303 g/mol. The molecule has 0 unspecified atom stereocenters. The quantitative estimate of drug-likeness (QED) is 0.872. The van der Waals surface area contributed by atoms with Crippen molar-refractivity contribution in [3.63, 3.8) is 0 Å². The van der Waals surface area contributed by atoms with Crippen molar-refractivity contribution in [3.05, 3.63) is 16.6 Å². The summed E-state index contributed by atoms with van der Waals surface area (Å²) in [5, 5.41) is 5.76. The molecule has 0 aliphatic heterocycles. The van der Waals surface area contributed by atoms with Gasteiger partial charge in [0, 0.05) is 10.7 Å². The van der Waals surface area contributed by atoms with E-state index in [1.165, 1.54) is 30.6 Å². The van der Waals surface area contributed by atoms with Crippen LogP contribution in [0.2, 0.25) is 0 Å². The van der Waals surface area contributed by atoms with Crippen LogP contribution in [0.25, 0.3) is 0 Å². The minimum absolute atomic E-state index is 0.0393. The molecule has 1 aliphatic rings. The number of amides is 1. The molecule has 3 nitrogen and oxygen atoms in total. The van der Waals surface area contributed by atoms with Crippen LogP contribution in [0.15, 0.2) is 10.9 Å². The molecule has 88 valence electrons. The Bertz CT molecular complexity index is 347. The van der Waals surface area contributed by atoms with Gasteiger partial charge in [0.25, 0.3) is 5.91 Å². The number of carbonyl (C=O) groups excluding carboxylic acids is 1. The van der Waals surface area contributed by atoms with Crippen molar-refractivity contribution in [3.8, 4) is 0 Å². The first-order chi connectivity index (χ1) is 7.76. The summed E-state index contributed by atoms with van der Waals surface area (Å²) in [4.78, 5) is 16.0. The van der Waals surface area contributed by atoms with E-state index in [0.717, 1.165) is 18.2 Å². The van der Waals surface area contributed by atoms with Crippen LogP contribution in [0.4, 0.5) is 0 Å². The zero-order chi connectivity index (χ0) is 11.4. The van der Waals surface area contributed by atoms with Gasteiger partial charge >= 0.3 is 0 Å². The number of hydrogen-bond acceptors (Lipinski definition) is 3. The molecule has 5 heteroatoms. The number of carbonyl (C=O) groups is 1. The van der Waals surface area contributed by atoms with Crippen molar-refractivity contribution >= 4 is 33.2 Å². The summed E-state index contributed by atoms with van der Waals surface area (Å²) in [5.74, 6) is -0.0393. The Balaban J connectivity index is 2.03. The minimum atomic E-state index is -0.0566. The highest BCUT2D eigenvalue weighted by Crippen LogP contribution is 2.30. The summed E-state index contributed by atoms with van der Waals surface area (Å²) in [6.45, 7) is 0. The largest absolute Gasteiger partial charge is 0.344 e. The second kappa shape index (κ2) is 5.27. The first-order valence-corrected chi connectivity index (χ1v) is 7.59. The summed E-state index contributed by atoms with van der Waals surface area (Å²) in [6.07, 6.45) is 5.80. The third-order valence-electron chi connectivity index (χ3n) is 3.11. The topological polar surface area (TPSA) is 42.0 Å². The highest BCUT2D eigenvalue weighted by atomic mass is 79.9. The lowest BCUT2D eigenvalue weighted by Crippen LogP contribution is -2.51. The SMILES string of the molecule is O=C(NC1(CBr)CCCCC1)c1cscn1. The Hall–Kier alpha value is -0.420. The standard InChI is InChI=1S/C11H15BrN2OS/c12-7-11(4-2-1-3-5-11)14-10(15)9-6-16-8-13-9/h6,8H,1-5,7H2,(H,14,15). The van der Waals surface area contributed by atoms with Crippen LogP contribution in [0, 0.1) is 0 Å². The predicted octanol–water partition coefficient (Wildman–Crippen LogP) is 2.97. The molecular formula is C11H15BrN2OS. The van der Waals surface area contributed by atoms with Crippen molar-refractivity contribution in [1.29, 1.82) is 0 Å². The van der Waals surface area contributed by atoms with Crippen LogP contribution >= 0.6 is 27.3 Å². The van der Waals surface area contributed by atoms with Crippen LogP contribution in [0.1, 0.15) is 42.6 Å². The molecule has 1 saturated carbocycles. The summed E-state index contributed by atoms with van der Waals surface area (Å²) >= 11 is 4.98. The third kappa shape index (κ3) is 2.63. The molecule has 1 N–H and O–H groups in total. The highest BCUT2D eigenvalue weighted by molar-refractivity contribution is 9.09. The average Bonchev–Trinajstić information content (AvgIpc) is 2.84. The predicted molar refractivity (Wildman–Crippen MR) is 69.2 cm³/mol. The summed E-state index contributed by atoms with van der Waals surface area (Å²) < 4.78 is 0. The monoisotopic (exact) mass is 302 g/mol. The lowest BCUT2D eigenvalue weighted by molar-refractivity contribution is 0.0882. The number of aromatic nitrogens is 1. The minimum Gasteiger partial charge on any atom is -0.344 e. The van der Waals surface area contributed by atoms with Gasteiger partial charge in [0.05, 0.1) is 11.0 Å². The molecule has 1 aromatic rings. The van der Waals surface area contributed by atoms with Crippen molar-refractivity contribution in [1.82, 2.24) is 10.3 Å². The van der Waals surface area contributed by atoms with E-state index in [4.69, 9.17) is 0 Å². The molecule has 2 rings (SSSR count). The Morgan fingerprint density at radius 3 is 2.81 bits per heavy atom. The van der Waals surface area contributed by atoms with E-state index in [2.05, 4.69) is 26.2 Å². The van der Waals surface area contributed by atoms with Crippen LogP contribution in [-0.2, 0) is 0 Å². The first kappa shape index (κ1) is 12.0. The highest BCUT2D eigenvalue weighted by Gasteiger charge is 2.32. The molecule has 1 aliphatic carbocycles. The molecule has 0 bridgehead atoms. The Morgan fingerprint density at radius 2 is 2.25 bits per heavy atom. The van der Waals surface area contributed by atoms with E-state index in [9.17, 15) is 4.79 Å². The van der Waals surface area contributed by atoms with Crippen molar-refractivity contribution in [2.45, 2.75) is 37.6 Å². The van der Waals surface area contributed by atoms with E-state index < -0.39 is 0 Å². The zero-order valence-electron chi connectivity index (χ0n) is 9.04. The number of halogens is 1. The lowest BCUT2D eigenvalue weighted by atomic mass is 9.83. The lowest BCUT2D eigenvalue weighted by Gasteiger charge is -2.36. The Kier molecular flexibility index (Phi) is 3.97. The molecule has 0 aromatic carbocycles. The molecule has 0 saturated heterocycles. The van der Waals surface area contributed by atoms with E-state index in [-0.39, 0.29) is 11.4 Å². The van der Waals surface area contributed by atoms with Crippen LogP contribution in [-0.4, -0.2) is 21.8 Å². The summed E-state index contributed by atoms with van der Waals surface area (Å²) in [5.41, 5.74) is 2.17. The number of nitrogens with zero attached hydrogens (tertiary/aromatic N) is 1. The second-order valence-electron chi connectivity index (χ2n) is 4.30. The second-order valence-corrected chi connectivity index (χ2v) is 5.58. The normalized spacial score (nSPS) is 19.3. The maximum atomic E-state index is 12.0. The Morgan fingerprint density at radius 1 is 1.50 bits per heavy atom. The van der Waals surface area contributed by atoms with Gasteiger partial charge < -0.3 is 5.32 Å². The number of alkyl halides is 1. The molecule has 0 atom stereocenters. The number of nitrogens with one attached hydrogen (secondary N) is 1. The van der Waals surface area contributed by atoms with E-state index >= 15 is 0 Å². The molecule has 0 spiro atoms. The maximum Gasteiger partial charge on any atom is 0.271 e. The zero-order valence-corrected chi connectivity index (χ0v) is 11.4. The van der Waals surface area contributed by atoms with Crippen molar-refractivity contribution < 1.29 is 4.79 Å². The molecule has 16 heavy (non-hydrogen) atoms. The molecule has 1 amide bonds. The van der Waals surface area contributed by atoms with Crippen molar-refractivity contribution in [2.24, 2.45) is 0 Å². The van der Waals surface area contributed by atoms with Crippen molar-refractivity contribution in [2.75, 3.05) is 5.33 Å². The van der Waals surface area contributed by atoms with E-state index in [1.54, 1.807) is 10.9 Å². The van der Waals surface area contributed by atoms with Crippen LogP contribution in [0.5, 0.6) is 0 Å². The van der Waals surface area contributed by atoms with Gasteiger partial charge in [-0.2, -0.15) is 0 Å². The van der Waals surface area contributed by atoms with Gasteiger partial charge in [0.1, 0.15) is 5.69 Å². The van der Waals surface area contributed by atoms with Gasteiger partial charge in [-0.05, 0) is 12.8 Å². The van der Waals surface area contributed by atoms with E-state index in [0.29, 0.717) is 5.69 Å². The summed E-state index contributed by atoms with van der Waals surface area (Å²) in [6, 6.07) is 0. The smallest absolute Gasteiger partial charge is 0.271 e. The fourth-order valence-corrected chi connectivity index (χ4v) is 3.38. The molecule has 1 aromatic heterocycles. The van der Waals surface area contributed by atoms with Gasteiger partial charge in [-0.3, -0.25) is 4.79 Å². The van der Waals surface area contributed by atoms with Gasteiger partial charge in [-0.25, -0.2) is 4.98 Å². The molecule has 1 heterocycles. The van der Waals surface area contributed by atoms with Gasteiger partial charge in [-0.15, -0.1) is 11.3 Å². The van der Waals surface area contributed by atoms with Crippen LogP contribution < -0.4 is 5.32 Å². The van der Waals surface area contributed by atoms with Gasteiger partial charge in [0.2, 0.25) is 0 Å². The first-order valence-electron chi connectivity index (χ1n) is 5.52. The van der Waals surface area contributed by atoms with Gasteiger partial charge in [-0.1, -0.05) is 35.2 Å². The van der Waals surface area contributed by atoms with Crippen LogP contribution in [0.3, 0.4) is 0 Å². The van der Waals surface area contributed by atoms with E-state index in [1.807, 2.05) is 0 Å². The molecule has 1 fully saturated rings. The maximum absolute atomic E-state index is 12.0. The molecular weight excluding hydrogens is 288 g/mol. The number of thiazole rings is 1. The number of rotatable bonds is 3.